The summed E-state index contributed by atoms with van der Waals surface area (Å²) in [6, 6.07) is 0. The predicted octanol–water partition coefficient (Wildman–Crippen LogP) is 0.265. The van der Waals surface area contributed by atoms with Crippen LogP contribution in [0.5, 0.6) is 0 Å². The maximum Gasteiger partial charge on any atom is 0.216 e. The zero-order valence-corrected chi connectivity index (χ0v) is 7.24. The zero-order valence-electron chi connectivity index (χ0n) is 7.24. The average Bonchev–Trinajstić information content (AvgIpc) is 2.62. The lowest BCUT2D eigenvalue weighted by Gasteiger charge is -2.10. The Balaban J connectivity index is 1.92. The third-order valence-electron chi connectivity index (χ3n) is 2.05. The van der Waals surface area contributed by atoms with Crippen molar-refractivity contribution < 1.29 is 4.79 Å². The minimum Gasteiger partial charge on any atom is -0.355 e. The Hall–Kier alpha value is -0.570. The van der Waals surface area contributed by atoms with Crippen LogP contribution in [0, 0.1) is 0 Å². The van der Waals surface area contributed by atoms with Gasteiger partial charge in [0.1, 0.15) is 0 Å². The predicted molar refractivity (Wildman–Crippen MR) is 44.3 cm³/mol. The summed E-state index contributed by atoms with van der Waals surface area (Å²) in [6.07, 6.45) is 2.54. The van der Waals surface area contributed by atoms with Gasteiger partial charge in [-0.05, 0) is 19.8 Å². The molecular weight excluding hydrogens is 140 g/mol. The van der Waals surface area contributed by atoms with E-state index in [1.165, 1.54) is 12.8 Å². The summed E-state index contributed by atoms with van der Waals surface area (Å²) in [5.74, 6) is 0.0488. The molecule has 1 fully saturated rings. The van der Waals surface area contributed by atoms with Crippen molar-refractivity contribution in [2.75, 3.05) is 13.1 Å². The van der Waals surface area contributed by atoms with E-state index in [4.69, 9.17) is 0 Å². The third kappa shape index (κ3) is 3.37. The molecule has 0 aromatic heterocycles. The molecule has 11 heavy (non-hydrogen) atoms. The molecule has 0 unspecified atom stereocenters. The summed E-state index contributed by atoms with van der Waals surface area (Å²) in [5, 5.41) is 6.12. The molecule has 2 N–H and O–H groups in total. The number of carbonyl (C=O) groups is 1. The third-order valence-corrected chi connectivity index (χ3v) is 2.05. The second-order valence-corrected chi connectivity index (χ2v) is 3.47. The number of carbonyl (C=O) groups excluding carboxylic acids is 1. The summed E-state index contributed by atoms with van der Waals surface area (Å²) in [4.78, 5) is 10.4. The highest BCUT2D eigenvalue weighted by Gasteiger charge is 2.35. The molecule has 1 aliphatic carbocycles. The van der Waals surface area contributed by atoms with Gasteiger partial charge in [-0.1, -0.05) is 0 Å². The number of hydrogen-bond donors (Lipinski definition) is 2. The molecule has 0 aromatic rings. The molecule has 0 heterocycles. The molecule has 1 amide bonds. The second kappa shape index (κ2) is 3.22. The standard InChI is InChI=1S/C8H16N2O/c1-7(11)9-5-6-10-8(2)3-4-8/h10H,3-6H2,1-2H3,(H,9,11). The largest absolute Gasteiger partial charge is 0.355 e. The fraction of sp³-hybridized carbons (Fsp3) is 0.875. The monoisotopic (exact) mass is 156 g/mol. The van der Waals surface area contributed by atoms with Crippen LogP contribution in [0.25, 0.3) is 0 Å². The fourth-order valence-corrected chi connectivity index (χ4v) is 0.967. The molecule has 1 aliphatic rings. The lowest BCUT2D eigenvalue weighted by molar-refractivity contribution is -0.118. The van der Waals surface area contributed by atoms with Crippen LogP contribution < -0.4 is 10.6 Å². The number of nitrogens with one attached hydrogen (secondary N) is 2. The highest BCUT2D eigenvalue weighted by molar-refractivity contribution is 5.72. The Bertz CT molecular complexity index is 152. The lowest BCUT2D eigenvalue weighted by Crippen LogP contribution is -2.36. The lowest BCUT2D eigenvalue weighted by atomic mass is 10.3. The van der Waals surface area contributed by atoms with Gasteiger partial charge in [0.25, 0.3) is 0 Å². The van der Waals surface area contributed by atoms with Crippen molar-refractivity contribution in [2.24, 2.45) is 0 Å². The summed E-state index contributed by atoms with van der Waals surface area (Å²) in [7, 11) is 0. The Kier molecular flexibility index (Phi) is 2.49. The van der Waals surface area contributed by atoms with Gasteiger partial charge in [0, 0.05) is 25.6 Å². The van der Waals surface area contributed by atoms with Crippen molar-refractivity contribution in [1.82, 2.24) is 10.6 Å². The molecule has 0 bridgehead atoms. The van der Waals surface area contributed by atoms with Gasteiger partial charge in [-0.25, -0.2) is 0 Å². The van der Waals surface area contributed by atoms with E-state index >= 15 is 0 Å². The Morgan fingerprint density at radius 1 is 1.45 bits per heavy atom. The van der Waals surface area contributed by atoms with Gasteiger partial charge in [0.2, 0.25) is 5.91 Å². The zero-order chi connectivity index (χ0) is 8.32. The van der Waals surface area contributed by atoms with Crippen LogP contribution in [-0.2, 0) is 4.79 Å². The van der Waals surface area contributed by atoms with Gasteiger partial charge in [-0.3, -0.25) is 4.79 Å². The topological polar surface area (TPSA) is 41.1 Å². The maximum atomic E-state index is 10.4. The first-order chi connectivity index (χ1) is 5.12. The highest BCUT2D eigenvalue weighted by atomic mass is 16.1. The van der Waals surface area contributed by atoms with E-state index in [1.54, 1.807) is 6.92 Å². The normalized spacial score (nSPS) is 19.5. The molecule has 1 saturated carbocycles. The van der Waals surface area contributed by atoms with Gasteiger partial charge in [-0.2, -0.15) is 0 Å². The Morgan fingerprint density at radius 3 is 2.55 bits per heavy atom. The minimum atomic E-state index is 0.0488. The fourth-order valence-electron chi connectivity index (χ4n) is 0.967. The molecule has 0 spiro atoms. The van der Waals surface area contributed by atoms with Crippen molar-refractivity contribution in [1.29, 1.82) is 0 Å². The van der Waals surface area contributed by atoms with Crippen LogP contribution in [0.15, 0.2) is 0 Å². The molecule has 0 aromatic carbocycles. The Labute approximate surface area is 67.5 Å². The average molecular weight is 156 g/mol. The van der Waals surface area contributed by atoms with Crippen molar-refractivity contribution in [3.63, 3.8) is 0 Å². The van der Waals surface area contributed by atoms with Crippen LogP contribution in [0.1, 0.15) is 26.7 Å². The summed E-state index contributed by atoms with van der Waals surface area (Å²) >= 11 is 0. The van der Waals surface area contributed by atoms with E-state index in [0.29, 0.717) is 5.54 Å². The van der Waals surface area contributed by atoms with Crippen molar-refractivity contribution in [2.45, 2.75) is 32.2 Å². The van der Waals surface area contributed by atoms with Crippen LogP contribution in [0.3, 0.4) is 0 Å². The van der Waals surface area contributed by atoms with Gasteiger partial charge in [-0.15, -0.1) is 0 Å². The minimum absolute atomic E-state index is 0.0488. The highest BCUT2D eigenvalue weighted by Crippen LogP contribution is 2.33. The molecule has 0 radical (unpaired) electrons. The van der Waals surface area contributed by atoms with Crippen molar-refractivity contribution in [3.8, 4) is 0 Å². The smallest absolute Gasteiger partial charge is 0.216 e. The van der Waals surface area contributed by atoms with E-state index in [9.17, 15) is 4.79 Å². The second-order valence-electron chi connectivity index (χ2n) is 3.47. The van der Waals surface area contributed by atoms with E-state index in [0.717, 1.165) is 13.1 Å². The molecule has 3 nitrogen and oxygen atoms in total. The first-order valence-corrected chi connectivity index (χ1v) is 4.12. The van der Waals surface area contributed by atoms with Gasteiger partial charge < -0.3 is 10.6 Å². The summed E-state index contributed by atoms with van der Waals surface area (Å²) in [6.45, 7) is 5.38. The molecule has 0 aliphatic heterocycles. The summed E-state index contributed by atoms with van der Waals surface area (Å²) < 4.78 is 0. The SMILES string of the molecule is CC(=O)NCCNC1(C)CC1. The number of rotatable bonds is 4. The quantitative estimate of drug-likeness (QED) is 0.573. The molecule has 0 atom stereocenters. The van der Waals surface area contributed by atoms with Gasteiger partial charge >= 0.3 is 0 Å². The molecule has 64 valence electrons. The van der Waals surface area contributed by atoms with Gasteiger partial charge in [0.15, 0.2) is 0 Å². The van der Waals surface area contributed by atoms with Crippen LogP contribution >= 0.6 is 0 Å². The van der Waals surface area contributed by atoms with Crippen LogP contribution in [-0.4, -0.2) is 24.5 Å². The van der Waals surface area contributed by atoms with E-state index < -0.39 is 0 Å². The Morgan fingerprint density at radius 2 is 2.09 bits per heavy atom. The van der Waals surface area contributed by atoms with Crippen LogP contribution in [0.2, 0.25) is 0 Å². The molecule has 0 saturated heterocycles. The van der Waals surface area contributed by atoms with E-state index in [1.807, 2.05) is 0 Å². The molecular formula is C8H16N2O. The first kappa shape index (κ1) is 8.53. The van der Waals surface area contributed by atoms with E-state index in [2.05, 4.69) is 17.6 Å². The number of amides is 1. The molecule has 1 rings (SSSR count). The van der Waals surface area contributed by atoms with Crippen LogP contribution in [0.4, 0.5) is 0 Å². The maximum absolute atomic E-state index is 10.4. The molecule has 3 heteroatoms. The van der Waals surface area contributed by atoms with E-state index in [-0.39, 0.29) is 5.91 Å². The van der Waals surface area contributed by atoms with Crippen molar-refractivity contribution in [3.05, 3.63) is 0 Å². The summed E-state index contributed by atoms with van der Waals surface area (Å²) in [5.41, 5.74) is 0.387. The van der Waals surface area contributed by atoms with Crippen molar-refractivity contribution >= 4 is 5.91 Å². The number of hydrogen-bond acceptors (Lipinski definition) is 2. The van der Waals surface area contributed by atoms with Gasteiger partial charge in [0.05, 0.1) is 0 Å². The first-order valence-electron chi connectivity index (χ1n) is 4.12.